The van der Waals surface area contributed by atoms with Crippen molar-refractivity contribution >= 4 is 17.9 Å². The first-order valence-corrected chi connectivity index (χ1v) is 4.13. The molecule has 1 aliphatic rings. The predicted molar refractivity (Wildman–Crippen MR) is 44.9 cm³/mol. The van der Waals surface area contributed by atoms with Gasteiger partial charge >= 0.3 is 12.0 Å². The van der Waals surface area contributed by atoms with Gasteiger partial charge in [0.15, 0.2) is 0 Å². The van der Waals surface area contributed by atoms with Gasteiger partial charge in [-0.3, -0.25) is 20.3 Å². The van der Waals surface area contributed by atoms with Gasteiger partial charge in [-0.25, -0.2) is 4.79 Å². The number of imide groups is 1. The van der Waals surface area contributed by atoms with Crippen molar-refractivity contribution in [2.24, 2.45) is 0 Å². The van der Waals surface area contributed by atoms with E-state index in [-0.39, 0.29) is 19.7 Å². The molecule has 0 aromatic rings. The zero-order valence-electron chi connectivity index (χ0n) is 7.70. The lowest BCUT2D eigenvalue weighted by molar-refractivity contribution is -0.145. The average molecular weight is 201 g/mol. The molecule has 0 radical (unpaired) electrons. The van der Waals surface area contributed by atoms with E-state index in [1.807, 2.05) is 5.32 Å². The first-order valence-electron chi connectivity index (χ1n) is 4.13. The van der Waals surface area contributed by atoms with E-state index in [0.29, 0.717) is 0 Å². The Hall–Kier alpha value is -1.63. The van der Waals surface area contributed by atoms with E-state index in [0.717, 1.165) is 0 Å². The van der Waals surface area contributed by atoms with Crippen LogP contribution < -0.4 is 10.7 Å². The number of hydrogen-bond acceptors (Lipinski definition) is 5. The molecule has 1 aliphatic heterocycles. The van der Waals surface area contributed by atoms with Crippen LogP contribution in [0.1, 0.15) is 6.92 Å². The van der Waals surface area contributed by atoms with Crippen molar-refractivity contribution in [2.75, 3.05) is 19.7 Å². The van der Waals surface area contributed by atoms with Crippen LogP contribution in [0.2, 0.25) is 0 Å². The smallest absolute Gasteiger partial charge is 0.336 e. The van der Waals surface area contributed by atoms with Gasteiger partial charge in [-0.15, -0.1) is 0 Å². The SMILES string of the molecule is CCOC(=O)CN1CC(=O)NC(=O)N1. The number of carbonyl (C=O) groups is 3. The highest BCUT2D eigenvalue weighted by Gasteiger charge is 2.23. The number of carbonyl (C=O) groups excluding carboxylic acids is 3. The van der Waals surface area contributed by atoms with E-state index in [1.165, 1.54) is 5.01 Å². The van der Waals surface area contributed by atoms with Crippen molar-refractivity contribution in [3.63, 3.8) is 0 Å². The molecule has 0 saturated carbocycles. The Labute approximate surface area is 80.4 Å². The third-order valence-corrected chi connectivity index (χ3v) is 1.47. The Morgan fingerprint density at radius 2 is 2.29 bits per heavy atom. The number of urea groups is 1. The van der Waals surface area contributed by atoms with Crippen molar-refractivity contribution in [1.29, 1.82) is 0 Å². The Bertz CT molecular complexity index is 250. The van der Waals surface area contributed by atoms with Crippen LogP contribution in [0.15, 0.2) is 0 Å². The second kappa shape index (κ2) is 4.56. The Morgan fingerprint density at radius 3 is 2.86 bits per heavy atom. The molecular weight excluding hydrogens is 190 g/mol. The largest absolute Gasteiger partial charge is 0.465 e. The summed E-state index contributed by atoms with van der Waals surface area (Å²) in [6.07, 6.45) is 0. The number of hydrazine groups is 1. The molecule has 0 unspecified atom stereocenters. The quantitative estimate of drug-likeness (QED) is 0.549. The normalized spacial score (nSPS) is 17.2. The monoisotopic (exact) mass is 201 g/mol. The molecule has 1 saturated heterocycles. The molecule has 7 nitrogen and oxygen atoms in total. The Morgan fingerprint density at radius 1 is 1.57 bits per heavy atom. The lowest BCUT2D eigenvalue weighted by Crippen LogP contribution is -2.59. The van der Waals surface area contributed by atoms with Gasteiger partial charge in [-0.05, 0) is 6.92 Å². The molecule has 0 atom stereocenters. The molecule has 0 aromatic carbocycles. The van der Waals surface area contributed by atoms with E-state index in [2.05, 4.69) is 10.2 Å². The topological polar surface area (TPSA) is 87.7 Å². The maximum absolute atomic E-state index is 11.0. The van der Waals surface area contributed by atoms with Crippen molar-refractivity contribution in [3.05, 3.63) is 0 Å². The van der Waals surface area contributed by atoms with Gasteiger partial charge in [0.25, 0.3) is 0 Å². The number of amides is 3. The number of ether oxygens (including phenoxy) is 1. The summed E-state index contributed by atoms with van der Waals surface area (Å²) < 4.78 is 4.65. The maximum atomic E-state index is 11.0. The zero-order chi connectivity index (χ0) is 10.6. The standard InChI is InChI=1S/C7H11N3O4/c1-2-14-6(12)4-10-3-5(11)8-7(13)9-10/h2-4H2,1H3,(H2,8,9,11,13). The Kier molecular flexibility index (Phi) is 3.41. The van der Waals surface area contributed by atoms with E-state index in [1.54, 1.807) is 6.92 Å². The van der Waals surface area contributed by atoms with Crippen LogP contribution in [0.4, 0.5) is 4.79 Å². The van der Waals surface area contributed by atoms with Gasteiger partial charge in [0.05, 0.1) is 13.2 Å². The molecular formula is C7H11N3O4. The zero-order valence-corrected chi connectivity index (χ0v) is 7.70. The fourth-order valence-electron chi connectivity index (χ4n) is 1.01. The highest BCUT2D eigenvalue weighted by atomic mass is 16.5. The van der Waals surface area contributed by atoms with Gasteiger partial charge in [0, 0.05) is 0 Å². The first-order chi connectivity index (χ1) is 6.61. The second-order valence-corrected chi connectivity index (χ2v) is 2.65. The number of rotatable bonds is 3. The molecule has 1 fully saturated rings. The third-order valence-electron chi connectivity index (χ3n) is 1.47. The molecule has 3 amide bonds. The fourth-order valence-corrected chi connectivity index (χ4v) is 1.01. The lowest BCUT2D eigenvalue weighted by atomic mass is 10.5. The lowest BCUT2D eigenvalue weighted by Gasteiger charge is -2.25. The van der Waals surface area contributed by atoms with Crippen LogP contribution in [-0.2, 0) is 14.3 Å². The highest BCUT2D eigenvalue weighted by Crippen LogP contribution is 1.90. The van der Waals surface area contributed by atoms with Gasteiger partial charge in [-0.1, -0.05) is 0 Å². The van der Waals surface area contributed by atoms with Crippen LogP contribution in [0.3, 0.4) is 0 Å². The van der Waals surface area contributed by atoms with Crippen molar-refractivity contribution in [3.8, 4) is 0 Å². The second-order valence-electron chi connectivity index (χ2n) is 2.65. The van der Waals surface area contributed by atoms with E-state index in [9.17, 15) is 14.4 Å². The molecule has 78 valence electrons. The van der Waals surface area contributed by atoms with Gasteiger partial charge in [0.2, 0.25) is 5.91 Å². The highest BCUT2D eigenvalue weighted by molar-refractivity contribution is 5.97. The molecule has 2 N–H and O–H groups in total. The third kappa shape index (κ3) is 3.02. The minimum absolute atomic E-state index is 0.0510. The van der Waals surface area contributed by atoms with Gasteiger partial charge in [-0.2, -0.15) is 5.01 Å². The van der Waals surface area contributed by atoms with Crippen molar-refractivity contribution in [1.82, 2.24) is 15.8 Å². The average Bonchev–Trinajstić information content (AvgIpc) is 2.01. The predicted octanol–water partition coefficient (Wildman–Crippen LogP) is -1.39. The minimum Gasteiger partial charge on any atom is -0.465 e. The number of nitrogens with one attached hydrogen (secondary N) is 2. The van der Waals surface area contributed by atoms with Crippen LogP contribution in [0.5, 0.6) is 0 Å². The van der Waals surface area contributed by atoms with Crippen LogP contribution >= 0.6 is 0 Å². The molecule has 1 rings (SSSR count). The molecule has 0 spiro atoms. The number of esters is 1. The minimum atomic E-state index is -0.634. The van der Waals surface area contributed by atoms with Crippen molar-refractivity contribution in [2.45, 2.75) is 6.92 Å². The molecule has 0 aliphatic carbocycles. The van der Waals surface area contributed by atoms with Gasteiger partial charge in [0.1, 0.15) is 6.54 Å². The molecule has 0 bridgehead atoms. The summed E-state index contributed by atoms with van der Waals surface area (Å²) in [4.78, 5) is 32.6. The summed E-state index contributed by atoms with van der Waals surface area (Å²) in [6, 6.07) is -0.634. The number of hydrogen-bond donors (Lipinski definition) is 2. The van der Waals surface area contributed by atoms with Gasteiger partial charge < -0.3 is 4.74 Å². The summed E-state index contributed by atoms with van der Waals surface area (Å²) in [6.45, 7) is 1.77. The summed E-state index contributed by atoms with van der Waals surface area (Å²) in [5.74, 6) is -0.930. The Balaban J connectivity index is 2.40. The van der Waals surface area contributed by atoms with E-state index in [4.69, 9.17) is 0 Å². The van der Waals surface area contributed by atoms with Crippen LogP contribution in [0.25, 0.3) is 0 Å². The molecule has 14 heavy (non-hydrogen) atoms. The molecule has 7 heteroatoms. The molecule has 0 aromatic heterocycles. The summed E-state index contributed by atoms with van der Waals surface area (Å²) in [5, 5.41) is 3.23. The van der Waals surface area contributed by atoms with E-state index < -0.39 is 17.9 Å². The van der Waals surface area contributed by atoms with Crippen LogP contribution in [-0.4, -0.2) is 42.6 Å². The number of nitrogens with zero attached hydrogens (tertiary/aromatic N) is 1. The fraction of sp³-hybridized carbons (Fsp3) is 0.571. The van der Waals surface area contributed by atoms with Crippen molar-refractivity contribution < 1.29 is 19.1 Å². The van der Waals surface area contributed by atoms with E-state index >= 15 is 0 Å². The molecule has 1 heterocycles. The van der Waals surface area contributed by atoms with Crippen LogP contribution in [0, 0.1) is 0 Å². The summed E-state index contributed by atoms with van der Waals surface area (Å²) >= 11 is 0. The first kappa shape index (κ1) is 10.5. The maximum Gasteiger partial charge on any atom is 0.336 e. The summed E-state index contributed by atoms with van der Waals surface area (Å²) in [7, 11) is 0. The summed E-state index contributed by atoms with van der Waals surface area (Å²) in [5.41, 5.74) is 2.30.